The molecule has 1 aliphatic carbocycles. The number of rotatable bonds is 5. The first-order valence-electron chi connectivity index (χ1n) is 5.28. The summed E-state index contributed by atoms with van der Waals surface area (Å²) in [5.41, 5.74) is 0. The van der Waals surface area contributed by atoms with Gasteiger partial charge in [0.25, 0.3) is 0 Å². The second kappa shape index (κ2) is 6.18. The molecule has 0 fully saturated rings. The van der Waals surface area contributed by atoms with Crippen molar-refractivity contribution in [3.63, 3.8) is 0 Å². The number of aliphatic imine (C=N–C) groups is 1. The van der Waals surface area contributed by atoms with Crippen LogP contribution in [-0.2, 0) is 0 Å². The largest absolute Gasteiger partial charge is 0.297 e. The Morgan fingerprint density at radius 1 is 1.50 bits per heavy atom. The van der Waals surface area contributed by atoms with Crippen molar-refractivity contribution in [2.24, 2.45) is 4.99 Å². The second-order valence-corrected chi connectivity index (χ2v) is 5.25. The van der Waals surface area contributed by atoms with E-state index in [4.69, 9.17) is 0 Å². The highest BCUT2D eigenvalue weighted by Gasteiger charge is 2.21. The van der Waals surface area contributed by atoms with E-state index >= 15 is 0 Å². The monoisotopic (exact) mass is 255 g/mol. The van der Waals surface area contributed by atoms with Gasteiger partial charge in [-0.25, -0.2) is 0 Å². The molecular formula is C12H18BrN. The molecule has 0 aliphatic heterocycles. The van der Waals surface area contributed by atoms with Gasteiger partial charge in [-0.1, -0.05) is 53.6 Å². The van der Waals surface area contributed by atoms with Crippen LogP contribution >= 0.6 is 15.9 Å². The molecule has 0 saturated heterocycles. The van der Waals surface area contributed by atoms with Gasteiger partial charge in [-0.3, -0.25) is 4.99 Å². The van der Waals surface area contributed by atoms with E-state index in [0.29, 0.717) is 0 Å². The van der Waals surface area contributed by atoms with E-state index in [1.54, 1.807) is 0 Å². The Morgan fingerprint density at radius 2 is 2.36 bits per heavy atom. The third-order valence-corrected chi connectivity index (χ3v) is 3.21. The summed E-state index contributed by atoms with van der Waals surface area (Å²) < 4.78 is 0.122. The topological polar surface area (TPSA) is 12.4 Å². The average Bonchev–Trinajstić information content (AvgIpc) is 2.18. The van der Waals surface area contributed by atoms with Crippen molar-refractivity contribution >= 4 is 22.1 Å². The molecule has 1 rings (SSSR count). The maximum Gasteiger partial charge on any atom is 0.0523 e. The minimum atomic E-state index is 0.122. The van der Waals surface area contributed by atoms with Crippen molar-refractivity contribution in [2.45, 2.75) is 36.9 Å². The van der Waals surface area contributed by atoms with Crippen molar-refractivity contribution in [1.29, 1.82) is 0 Å². The number of hydrogen-bond donors (Lipinski definition) is 0. The SMILES string of the molecule is CCCCN=CCC1(Br)C=CC=CC1. The highest BCUT2D eigenvalue weighted by Crippen LogP contribution is 2.30. The predicted molar refractivity (Wildman–Crippen MR) is 67.4 cm³/mol. The van der Waals surface area contributed by atoms with Crippen LogP contribution in [0.15, 0.2) is 29.3 Å². The highest BCUT2D eigenvalue weighted by atomic mass is 79.9. The van der Waals surface area contributed by atoms with Crippen LogP contribution in [0.25, 0.3) is 0 Å². The molecular weight excluding hydrogens is 238 g/mol. The predicted octanol–water partition coefficient (Wildman–Crippen LogP) is 3.90. The smallest absolute Gasteiger partial charge is 0.0523 e. The lowest BCUT2D eigenvalue weighted by molar-refractivity contribution is 0.762. The molecule has 0 radical (unpaired) electrons. The first-order chi connectivity index (χ1) is 6.77. The van der Waals surface area contributed by atoms with Gasteiger partial charge in [0, 0.05) is 19.2 Å². The summed E-state index contributed by atoms with van der Waals surface area (Å²) in [5.74, 6) is 0. The van der Waals surface area contributed by atoms with E-state index in [0.717, 1.165) is 19.4 Å². The Hall–Kier alpha value is -0.370. The Bertz CT molecular complexity index is 243. The lowest BCUT2D eigenvalue weighted by atomic mass is 9.98. The summed E-state index contributed by atoms with van der Waals surface area (Å²) in [5, 5.41) is 0. The van der Waals surface area contributed by atoms with Gasteiger partial charge < -0.3 is 0 Å². The lowest BCUT2D eigenvalue weighted by Gasteiger charge is -2.21. The van der Waals surface area contributed by atoms with Crippen LogP contribution in [0.5, 0.6) is 0 Å². The van der Waals surface area contributed by atoms with Crippen LogP contribution in [0.1, 0.15) is 32.6 Å². The van der Waals surface area contributed by atoms with E-state index in [1.165, 1.54) is 12.8 Å². The molecule has 1 unspecified atom stereocenters. The summed E-state index contributed by atoms with van der Waals surface area (Å²) in [4.78, 5) is 4.39. The number of alkyl halides is 1. The fourth-order valence-electron chi connectivity index (χ4n) is 1.35. The molecule has 0 aromatic carbocycles. The number of unbranched alkanes of at least 4 members (excludes halogenated alkanes) is 1. The maximum atomic E-state index is 4.39. The molecule has 0 N–H and O–H groups in total. The Labute approximate surface area is 95.1 Å². The summed E-state index contributed by atoms with van der Waals surface area (Å²) in [6.07, 6.45) is 15.1. The molecule has 0 heterocycles. The van der Waals surface area contributed by atoms with Crippen LogP contribution in [0.4, 0.5) is 0 Å². The summed E-state index contributed by atoms with van der Waals surface area (Å²) in [6.45, 7) is 3.16. The molecule has 0 saturated carbocycles. The molecule has 0 amide bonds. The fourth-order valence-corrected chi connectivity index (χ4v) is 1.83. The molecule has 2 heteroatoms. The molecule has 0 bridgehead atoms. The minimum Gasteiger partial charge on any atom is -0.297 e. The second-order valence-electron chi connectivity index (χ2n) is 3.67. The van der Waals surface area contributed by atoms with E-state index in [9.17, 15) is 0 Å². The first-order valence-corrected chi connectivity index (χ1v) is 6.08. The van der Waals surface area contributed by atoms with Crippen molar-refractivity contribution in [2.75, 3.05) is 6.54 Å². The third-order valence-electron chi connectivity index (χ3n) is 2.30. The third kappa shape index (κ3) is 4.23. The zero-order valence-electron chi connectivity index (χ0n) is 8.75. The van der Waals surface area contributed by atoms with Crippen LogP contribution in [0.3, 0.4) is 0 Å². The quantitative estimate of drug-likeness (QED) is 0.402. The number of nitrogens with zero attached hydrogens (tertiary/aromatic N) is 1. The summed E-state index contributed by atoms with van der Waals surface area (Å²) >= 11 is 3.74. The van der Waals surface area contributed by atoms with Gasteiger partial charge in [-0.15, -0.1) is 0 Å². The van der Waals surface area contributed by atoms with Crippen LogP contribution in [0, 0.1) is 0 Å². The van der Waals surface area contributed by atoms with Crippen molar-refractivity contribution in [1.82, 2.24) is 0 Å². The Morgan fingerprint density at radius 3 is 3.00 bits per heavy atom. The maximum absolute atomic E-state index is 4.39. The Balaban J connectivity index is 2.26. The fraction of sp³-hybridized carbons (Fsp3) is 0.583. The van der Waals surface area contributed by atoms with Crippen LogP contribution in [0.2, 0.25) is 0 Å². The molecule has 1 atom stereocenters. The summed E-state index contributed by atoms with van der Waals surface area (Å²) in [6, 6.07) is 0. The molecule has 1 aliphatic rings. The highest BCUT2D eigenvalue weighted by molar-refractivity contribution is 9.10. The molecule has 0 aromatic rings. The normalized spacial score (nSPS) is 26.1. The van der Waals surface area contributed by atoms with E-state index < -0.39 is 0 Å². The average molecular weight is 256 g/mol. The molecule has 0 aromatic heterocycles. The number of allylic oxidation sites excluding steroid dienone is 4. The van der Waals surface area contributed by atoms with Gasteiger partial charge in [-0.05, 0) is 12.8 Å². The Kier molecular flexibility index (Phi) is 5.16. The van der Waals surface area contributed by atoms with Gasteiger partial charge in [0.1, 0.15) is 0 Å². The zero-order valence-corrected chi connectivity index (χ0v) is 10.3. The van der Waals surface area contributed by atoms with Gasteiger partial charge in [-0.2, -0.15) is 0 Å². The summed E-state index contributed by atoms with van der Waals surface area (Å²) in [7, 11) is 0. The lowest BCUT2D eigenvalue weighted by Crippen LogP contribution is -2.18. The van der Waals surface area contributed by atoms with Crippen molar-refractivity contribution in [3.8, 4) is 0 Å². The number of halogens is 1. The van der Waals surface area contributed by atoms with E-state index in [1.807, 2.05) is 6.21 Å². The van der Waals surface area contributed by atoms with Crippen molar-refractivity contribution in [3.05, 3.63) is 24.3 Å². The van der Waals surface area contributed by atoms with Gasteiger partial charge in [0.05, 0.1) is 4.32 Å². The van der Waals surface area contributed by atoms with Gasteiger partial charge >= 0.3 is 0 Å². The molecule has 0 spiro atoms. The van der Waals surface area contributed by atoms with Gasteiger partial charge in [0.15, 0.2) is 0 Å². The molecule has 14 heavy (non-hydrogen) atoms. The molecule has 78 valence electrons. The minimum absolute atomic E-state index is 0.122. The number of hydrogen-bond acceptors (Lipinski definition) is 1. The zero-order chi connectivity index (χ0) is 10.3. The van der Waals surface area contributed by atoms with Crippen LogP contribution < -0.4 is 0 Å². The molecule has 1 nitrogen and oxygen atoms in total. The standard InChI is InChI=1S/C12H18BrN/c1-2-3-10-14-11-9-12(13)7-5-4-6-8-12/h4-7,11H,2-3,8-10H2,1H3. The van der Waals surface area contributed by atoms with E-state index in [-0.39, 0.29) is 4.32 Å². The van der Waals surface area contributed by atoms with E-state index in [2.05, 4.69) is 52.2 Å². The first kappa shape index (κ1) is 11.7. The van der Waals surface area contributed by atoms with Gasteiger partial charge in [0.2, 0.25) is 0 Å². The van der Waals surface area contributed by atoms with Crippen molar-refractivity contribution < 1.29 is 0 Å². The van der Waals surface area contributed by atoms with Crippen LogP contribution in [-0.4, -0.2) is 17.1 Å².